The van der Waals surface area contributed by atoms with Crippen molar-refractivity contribution in [2.75, 3.05) is 33.2 Å². The van der Waals surface area contributed by atoms with Gasteiger partial charge in [0.1, 0.15) is 0 Å². The molecule has 1 rings (SSSR count). The molecule has 0 aliphatic carbocycles. The lowest BCUT2D eigenvalue weighted by Crippen LogP contribution is -2.47. The average molecular weight is 277 g/mol. The highest BCUT2D eigenvalue weighted by molar-refractivity contribution is 7.90. The number of sulfonamides is 1. The Kier molecular flexibility index (Phi) is 6.55. The predicted molar refractivity (Wildman–Crippen MR) is 75.2 cm³/mol. The number of piperidine rings is 1. The number of likely N-dealkylation sites (tertiary alicyclic amines) is 1. The maximum atomic E-state index is 12.0. The molecule has 0 bridgehead atoms. The Labute approximate surface area is 111 Å². The first-order chi connectivity index (χ1) is 8.45. The van der Waals surface area contributed by atoms with Gasteiger partial charge in [-0.05, 0) is 46.8 Å². The molecule has 2 N–H and O–H groups in total. The summed E-state index contributed by atoms with van der Waals surface area (Å²) < 4.78 is 26.8. The summed E-state index contributed by atoms with van der Waals surface area (Å²) in [5.41, 5.74) is 0. The first-order valence-corrected chi connectivity index (χ1v) is 8.38. The molecular weight excluding hydrogens is 250 g/mol. The zero-order valence-corrected chi connectivity index (χ0v) is 12.6. The van der Waals surface area contributed by atoms with Gasteiger partial charge < -0.3 is 10.2 Å². The van der Waals surface area contributed by atoms with E-state index in [1.165, 1.54) is 19.3 Å². The normalized spacial score (nSPS) is 21.7. The first kappa shape index (κ1) is 15.9. The quantitative estimate of drug-likeness (QED) is 0.707. The molecule has 0 aromatic carbocycles. The van der Waals surface area contributed by atoms with Crippen LogP contribution < -0.4 is 10.0 Å². The minimum Gasteiger partial charge on any atom is -0.318 e. The monoisotopic (exact) mass is 277 g/mol. The molecule has 2 atom stereocenters. The summed E-state index contributed by atoms with van der Waals surface area (Å²) in [6.45, 7) is 7.15. The van der Waals surface area contributed by atoms with Gasteiger partial charge in [0, 0.05) is 19.1 Å². The van der Waals surface area contributed by atoms with Gasteiger partial charge in [0.05, 0.1) is 5.25 Å². The molecule has 0 aromatic heterocycles. The lowest BCUT2D eigenvalue weighted by atomic mass is 10.1. The van der Waals surface area contributed by atoms with Crippen LogP contribution in [0.25, 0.3) is 0 Å². The van der Waals surface area contributed by atoms with Crippen LogP contribution in [0.15, 0.2) is 0 Å². The molecular formula is C12H27N3O2S. The standard InChI is InChI=1S/C12H27N3O2S/c1-11(10-15-7-5-4-6-8-15)14-18(16,17)12(2)9-13-3/h11-14H,4-10H2,1-3H3. The molecule has 0 amide bonds. The van der Waals surface area contributed by atoms with E-state index < -0.39 is 15.3 Å². The highest BCUT2D eigenvalue weighted by Gasteiger charge is 2.23. The summed E-state index contributed by atoms with van der Waals surface area (Å²) in [5, 5.41) is 2.50. The van der Waals surface area contributed by atoms with Crippen molar-refractivity contribution in [3.63, 3.8) is 0 Å². The van der Waals surface area contributed by atoms with Crippen LogP contribution in [0.3, 0.4) is 0 Å². The van der Waals surface area contributed by atoms with Gasteiger partial charge in [-0.15, -0.1) is 0 Å². The van der Waals surface area contributed by atoms with E-state index in [1.54, 1.807) is 14.0 Å². The SMILES string of the molecule is CNCC(C)S(=O)(=O)NC(C)CN1CCCCC1. The summed E-state index contributed by atoms with van der Waals surface area (Å²) in [6.07, 6.45) is 3.76. The molecule has 1 heterocycles. The third-order valence-electron chi connectivity index (χ3n) is 3.37. The Morgan fingerprint density at radius 2 is 1.78 bits per heavy atom. The molecule has 108 valence electrons. The van der Waals surface area contributed by atoms with E-state index in [1.807, 2.05) is 6.92 Å². The van der Waals surface area contributed by atoms with Gasteiger partial charge in [0.15, 0.2) is 0 Å². The summed E-state index contributed by atoms with van der Waals surface area (Å²) in [5.74, 6) is 0. The van der Waals surface area contributed by atoms with Crippen molar-refractivity contribution in [2.24, 2.45) is 0 Å². The molecule has 0 spiro atoms. The highest BCUT2D eigenvalue weighted by Crippen LogP contribution is 2.09. The second kappa shape index (κ2) is 7.43. The Morgan fingerprint density at radius 3 is 2.33 bits per heavy atom. The Hall–Kier alpha value is -0.170. The van der Waals surface area contributed by atoms with Crippen LogP contribution in [-0.2, 0) is 10.0 Å². The molecule has 18 heavy (non-hydrogen) atoms. The molecule has 1 aliphatic heterocycles. The van der Waals surface area contributed by atoms with Crippen LogP contribution in [0.5, 0.6) is 0 Å². The fourth-order valence-corrected chi connectivity index (χ4v) is 3.61. The first-order valence-electron chi connectivity index (χ1n) is 6.84. The van der Waals surface area contributed by atoms with Crippen molar-refractivity contribution in [2.45, 2.75) is 44.4 Å². The molecule has 5 nitrogen and oxygen atoms in total. The molecule has 0 aromatic rings. The molecule has 1 saturated heterocycles. The van der Waals surface area contributed by atoms with E-state index in [9.17, 15) is 8.42 Å². The van der Waals surface area contributed by atoms with Gasteiger partial charge in [0.25, 0.3) is 0 Å². The van der Waals surface area contributed by atoms with Crippen LogP contribution in [0.4, 0.5) is 0 Å². The summed E-state index contributed by atoms with van der Waals surface area (Å²) in [6, 6.07) is -0.0209. The molecule has 1 fully saturated rings. The van der Waals surface area contributed by atoms with Crippen LogP contribution in [0, 0.1) is 0 Å². The maximum absolute atomic E-state index is 12.0. The Balaban J connectivity index is 2.40. The predicted octanol–water partition coefficient (Wildman–Crippen LogP) is 0.388. The van der Waals surface area contributed by atoms with E-state index in [0.717, 1.165) is 19.6 Å². The minimum atomic E-state index is -3.21. The molecule has 0 saturated carbocycles. The fourth-order valence-electron chi connectivity index (χ4n) is 2.36. The lowest BCUT2D eigenvalue weighted by molar-refractivity contribution is 0.215. The summed E-state index contributed by atoms with van der Waals surface area (Å²) in [4.78, 5) is 2.35. The Bertz CT molecular complexity index is 326. The molecule has 2 unspecified atom stereocenters. The van der Waals surface area contributed by atoms with Gasteiger partial charge >= 0.3 is 0 Å². The number of nitrogens with one attached hydrogen (secondary N) is 2. The zero-order chi connectivity index (χ0) is 13.6. The van der Waals surface area contributed by atoms with Crippen LogP contribution in [-0.4, -0.2) is 57.8 Å². The topological polar surface area (TPSA) is 61.4 Å². The third-order valence-corrected chi connectivity index (χ3v) is 5.32. The number of nitrogens with zero attached hydrogens (tertiary/aromatic N) is 1. The molecule has 1 aliphatic rings. The van der Waals surface area contributed by atoms with Gasteiger partial charge in [-0.1, -0.05) is 6.42 Å². The van der Waals surface area contributed by atoms with Gasteiger partial charge in [-0.3, -0.25) is 0 Å². The highest BCUT2D eigenvalue weighted by atomic mass is 32.2. The van der Waals surface area contributed by atoms with Crippen molar-refractivity contribution in [3.05, 3.63) is 0 Å². The van der Waals surface area contributed by atoms with Crippen molar-refractivity contribution < 1.29 is 8.42 Å². The summed E-state index contributed by atoms with van der Waals surface area (Å²) >= 11 is 0. The van der Waals surface area contributed by atoms with Crippen molar-refractivity contribution in [3.8, 4) is 0 Å². The van der Waals surface area contributed by atoms with Gasteiger partial charge in [0.2, 0.25) is 10.0 Å². The molecule has 0 radical (unpaired) electrons. The largest absolute Gasteiger partial charge is 0.318 e. The van der Waals surface area contributed by atoms with Gasteiger partial charge in [-0.2, -0.15) is 0 Å². The second-order valence-corrected chi connectivity index (χ2v) is 7.42. The van der Waals surface area contributed by atoms with Crippen LogP contribution >= 0.6 is 0 Å². The zero-order valence-electron chi connectivity index (χ0n) is 11.8. The third kappa shape index (κ3) is 5.22. The van der Waals surface area contributed by atoms with Crippen molar-refractivity contribution >= 4 is 10.0 Å². The maximum Gasteiger partial charge on any atom is 0.215 e. The van der Waals surface area contributed by atoms with E-state index >= 15 is 0 Å². The van der Waals surface area contributed by atoms with Crippen molar-refractivity contribution in [1.29, 1.82) is 0 Å². The van der Waals surface area contributed by atoms with E-state index in [2.05, 4.69) is 14.9 Å². The fraction of sp³-hybridized carbons (Fsp3) is 1.00. The second-order valence-electron chi connectivity index (χ2n) is 5.29. The van der Waals surface area contributed by atoms with Crippen LogP contribution in [0.1, 0.15) is 33.1 Å². The van der Waals surface area contributed by atoms with E-state index in [-0.39, 0.29) is 6.04 Å². The smallest absolute Gasteiger partial charge is 0.215 e. The van der Waals surface area contributed by atoms with E-state index in [0.29, 0.717) is 6.54 Å². The number of rotatable bonds is 7. The van der Waals surface area contributed by atoms with E-state index in [4.69, 9.17) is 0 Å². The van der Waals surface area contributed by atoms with Crippen LogP contribution in [0.2, 0.25) is 0 Å². The Morgan fingerprint density at radius 1 is 1.17 bits per heavy atom. The summed E-state index contributed by atoms with van der Waals surface area (Å²) in [7, 11) is -1.44. The lowest BCUT2D eigenvalue weighted by Gasteiger charge is -2.29. The molecule has 6 heteroatoms. The number of hydrogen-bond acceptors (Lipinski definition) is 4. The average Bonchev–Trinajstić information content (AvgIpc) is 2.29. The number of hydrogen-bond donors (Lipinski definition) is 2. The van der Waals surface area contributed by atoms with Gasteiger partial charge in [-0.25, -0.2) is 13.1 Å². The minimum absolute atomic E-state index is 0.0209. The van der Waals surface area contributed by atoms with Crippen molar-refractivity contribution in [1.82, 2.24) is 14.9 Å².